The monoisotopic (exact) mass is 718 g/mol. The fourth-order valence-electron chi connectivity index (χ4n) is 8.63. The number of hydrogen-bond donors (Lipinski definition) is 0. The van der Waals surface area contributed by atoms with E-state index < -0.39 is 0 Å². The van der Waals surface area contributed by atoms with Crippen LogP contribution in [-0.4, -0.2) is 19.1 Å². The summed E-state index contributed by atoms with van der Waals surface area (Å²) in [5.74, 6) is 0.658. The van der Waals surface area contributed by atoms with Gasteiger partial charge in [0, 0.05) is 58.4 Å². The summed E-state index contributed by atoms with van der Waals surface area (Å²) in [4.78, 5) is 10.6. The van der Waals surface area contributed by atoms with Crippen LogP contribution >= 0.6 is 11.3 Å². The number of nitrogens with zero attached hydrogens (tertiary/aromatic N) is 4. The van der Waals surface area contributed by atoms with Crippen LogP contribution in [0.5, 0.6) is 0 Å². The zero-order valence-electron chi connectivity index (χ0n) is 29.5. The molecular formula is C50H30N4S. The summed E-state index contributed by atoms with van der Waals surface area (Å²) in [7, 11) is 0. The lowest BCUT2D eigenvalue weighted by Gasteiger charge is -2.13. The first-order valence-electron chi connectivity index (χ1n) is 18.6. The van der Waals surface area contributed by atoms with Crippen molar-refractivity contribution >= 4 is 86.0 Å². The Bertz CT molecular complexity index is 3440. The highest BCUT2D eigenvalue weighted by atomic mass is 32.1. The van der Waals surface area contributed by atoms with Crippen molar-refractivity contribution in [3.05, 3.63) is 182 Å². The maximum atomic E-state index is 5.39. The van der Waals surface area contributed by atoms with Crippen molar-refractivity contribution in [2.45, 2.75) is 0 Å². The third-order valence-electron chi connectivity index (χ3n) is 11.2. The molecule has 0 amide bonds. The van der Waals surface area contributed by atoms with Crippen LogP contribution in [0.1, 0.15) is 0 Å². The molecule has 55 heavy (non-hydrogen) atoms. The Morgan fingerprint density at radius 2 is 0.873 bits per heavy atom. The molecule has 5 heteroatoms. The molecule has 8 aromatic carbocycles. The normalized spacial score (nSPS) is 12.0. The van der Waals surface area contributed by atoms with Crippen LogP contribution in [0.4, 0.5) is 0 Å². The Kier molecular flexibility index (Phi) is 6.47. The highest BCUT2D eigenvalue weighted by Crippen LogP contribution is 2.40. The lowest BCUT2D eigenvalue weighted by Crippen LogP contribution is -2.03. The van der Waals surface area contributed by atoms with Gasteiger partial charge < -0.3 is 4.57 Å². The molecule has 4 nitrogen and oxygen atoms in total. The molecule has 0 saturated heterocycles. The van der Waals surface area contributed by atoms with Gasteiger partial charge in [0.1, 0.15) is 0 Å². The van der Waals surface area contributed by atoms with Crippen molar-refractivity contribution < 1.29 is 0 Å². The maximum Gasteiger partial charge on any atom is 0.235 e. The van der Waals surface area contributed by atoms with E-state index >= 15 is 0 Å². The molecule has 4 aromatic heterocycles. The Hall–Kier alpha value is -7.08. The Morgan fingerprint density at radius 3 is 1.62 bits per heavy atom. The number of rotatable bonds is 4. The predicted molar refractivity (Wildman–Crippen MR) is 232 cm³/mol. The highest BCUT2D eigenvalue weighted by Gasteiger charge is 2.19. The molecule has 0 spiro atoms. The number of benzene rings is 8. The minimum atomic E-state index is 0.658. The molecule has 0 fully saturated rings. The van der Waals surface area contributed by atoms with Gasteiger partial charge in [0.05, 0.1) is 33.3 Å². The van der Waals surface area contributed by atoms with E-state index in [1.54, 1.807) is 0 Å². The van der Waals surface area contributed by atoms with Gasteiger partial charge in [0.25, 0.3) is 0 Å². The van der Waals surface area contributed by atoms with Crippen LogP contribution < -0.4 is 0 Å². The van der Waals surface area contributed by atoms with E-state index in [2.05, 4.69) is 191 Å². The van der Waals surface area contributed by atoms with E-state index in [0.29, 0.717) is 5.95 Å². The third kappa shape index (κ3) is 4.57. The molecule has 0 unspecified atom stereocenters. The lowest BCUT2D eigenvalue weighted by molar-refractivity contribution is 1.01. The minimum Gasteiger partial charge on any atom is -0.309 e. The first kappa shape index (κ1) is 30.4. The molecule has 0 aliphatic carbocycles. The average molecular weight is 719 g/mol. The maximum absolute atomic E-state index is 5.39. The van der Waals surface area contributed by atoms with Gasteiger partial charge in [-0.25, -0.2) is 9.97 Å². The summed E-state index contributed by atoms with van der Waals surface area (Å²) in [5.41, 5.74) is 10.9. The van der Waals surface area contributed by atoms with Crippen molar-refractivity contribution in [2.24, 2.45) is 0 Å². The topological polar surface area (TPSA) is 35.6 Å². The minimum absolute atomic E-state index is 0.658. The van der Waals surface area contributed by atoms with Crippen molar-refractivity contribution in [3.63, 3.8) is 0 Å². The summed E-state index contributed by atoms with van der Waals surface area (Å²) >= 11 is 1.86. The first-order chi connectivity index (χ1) is 27.3. The SMILES string of the molecule is c1ccc2c(-c3ccc(-n4c5ccccc5c5ccccc54)cc3)nc(-n3c4ccccc4c4cc(-c5ccc6c(c5)sc5ccccc56)ccc43)nc2c1. The second kappa shape index (κ2) is 11.7. The standard InChI is InChI=1S/C50H30N4S/c1-6-16-42-40(15-1)49(31-21-25-34(26-22-31)53-43-17-7-2-11-35(43)36-12-3-8-18-44(36)53)52-50(51-42)54-45-19-9-4-13-37(45)41-29-32(24-28-46(41)54)33-23-27-39-38-14-5-10-20-47(38)55-48(39)30-33/h1-30H. The van der Waals surface area contributed by atoms with Gasteiger partial charge in [0.15, 0.2) is 0 Å². The van der Waals surface area contributed by atoms with E-state index in [1.807, 2.05) is 11.3 Å². The molecule has 0 aliphatic rings. The van der Waals surface area contributed by atoms with Crippen LogP contribution in [0.15, 0.2) is 182 Å². The molecular weight excluding hydrogens is 689 g/mol. The number of hydrogen-bond acceptors (Lipinski definition) is 3. The second-order valence-corrected chi connectivity index (χ2v) is 15.3. The van der Waals surface area contributed by atoms with Crippen LogP contribution in [-0.2, 0) is 0 Å². The van der Waals surface area contributed by atoms with Crippen molar-refractivity contribution in [1.82, 2.24) is 19.1 Å². The van der Waals surface area contributed by atoms with E-state index in [4.69, 9.17) is 9.97 Å². The predicted octanol–water partition coefficient (Wildman–Crippen LogP) is 13.5. The first-order valence-corrected chi connectivity index (χ1v) is 19.4. The molecule has 0 saturated carbocycles. The van der Waals surface area contributed by atoms with E-state index in [-0.39, 0.29) is 0 Å². The summed E-state index contributed by atoms with van der Waals surface area (Å²) in [5, 5.41) is 8.52. The summed E-state index contributed by atoms with van der Waals surface area (Å²) in [6.07, 6.45) is 0. The average Bonchev–Trinajstić information content (AvgIpc) is 3.90. The fourth-order valence-corrected chi connectivity index (χ4v) is 9.77. The van der Waals surface area contributed by atoms with Gasteiger partial charge in [0.2, 0.25) is 5.95 Å². The van der Waals surface area contributed by atoms with Gasteiger partial charge >= 0.3 is 0 Å². The molecule has 4 heterocycles. The van der Waals surface area contributed by atoms with Gasteiger partial charge in [-0.3, -0.25) is 4.57 Å². The highest BCUT2D eigenvalue weighted by molar-refractivity contribution is 7.25. The van der Waals surface area contributed by atoms with Gasteiger partial charge in [-0.1, -0.05) is 121 Å². The largest absolute Gasteiger partial charge is 0.309 e. The van der Waals surface area contributed by atoms with E-state index in [9.17, 15) is 0 Å². The lowest BCUT2D eigenvalue weighted by atomic mass is 10.0. The molecule has 0 aliphatic heterocycles. The Balaban J connectivity index is 1.01. The Morgan fingerprint density at radius 1 is 0.345 bits per heavy atom. The molecule has 0 radical (unpaired) electrons. The number of fused-ring (bicyclic) bond motifs is 10. The number of aromatic nitrogens is 4. The van der Waals surface area contributed by atoms with Crippen molar-refractivity contribution in [3.8, 4) is 34.0 Å². The Labute approximate surface area is 319 Å². The van der Waals surface area contributed by atoms with Crippen LogP contribution in [0.3, 0.4) is 0 Å². The molecule has 256 valence electrons. The molecule has 12 rings (SSSR count). The van der Waals surface area contributed by atoms with Gasteiger partial charge in [-0.2, -0.15) is 0 Å². The zero-order valence-corrected chi connectivity index (χ0v) is 30.3. The van der Waals surface area contributed by atoms with E-state index in [0.717, 1.165) is 38.9 Å². The molecule has 0 N–H and O–H groups in total. The fraction of sp³-hybridized carbons (Fsp3) is 0. The van der Waals surface area contributed by atoms with Crippen molar-refractivity contribution in [1.29, 1.82) is 0 Å². The smallest absolute Gasteiger partial charge is 0.235 e. The van der Waals surface area contributed by atoms with Gasteiger partial charge in [-0.15, -0.1) is 11.3 Å². The van der Waals surface area contributed by atoms with Crippen LogP contribution in [0.25, 0.3) is 109 Å². The third-order valence-corrected chi connectivity index (χ3v) is 12.3. The summed E-state index contributed by atoms with van der Waals surface area (Å²) in [6, 6.07) is 65.4. The molecule has 12 aromatic rings. The summed E-state index contributed by atoms with van der Waals surface area (Å²) in [6.45, 7) is 0. The van der Waals surface area contributed by atoms with Gasteiger partial charge in [-0.05, 0) is 71.8 Å². The summed E-state index contributed by atoms with van der Waals surface area (Å²) < 4.78 is 7.21. The molecule has 0 bridgehead atoms. The number of thiophene rings is 1. The van der Waals surface area contributed by atoms with Crippen LogP contribution in [0.2, 0.25) is 0 Å². The second-order valence-electron chi connectivity index (χ2n) is 14.2. The van der Waals surface area contributed by atoms with Crippen LogP contribution in [0, 0.1) is 0 Å². The molecule has 0 atom stereocenters. The zero-order chi connectivity index (χ0) is 36.0. The number of para-hydroxylation sites is 4. The van der Waals surface area contributed by atoms with Crippen molar-refractivity contribution in [2.75, 3.05) is 0 Å². The quantitative estimate of drug-likeness (QED) is 0.182. The van der Waals surface area contributed by atoms with E-state index in [1.165, 1.54) is 63.9 Å².